The number of aromatic hydroxyl groups is 1. The number of nitrogens with one attached hydrogen (secondary N) is 1. The number of fused-ring (bicyclic) bond motifs is 3. The van der Waals surface area contributed by atoms with Gasteiger partial charge in [-0.15, -0.1) is 11.6 Å². The summed E-state index contributed by atoms with van der Waals surface area (Å²) in [4.78, 5) is 15.5. The second-order valence-corrected chi connectivity index (χ2v) is 9.52. The van der Waals surface area contributed by atoms with Gasteiger partial charge in [-0.05, 0) is 61.1 Å². The molecule has 0 bridgehead atoms. The van der Waals surface area contributed by atoms with Crippen LogP contribution < -0.4 is 5.56 Å². The van der Waals surface area contributed by atoms with Gasteiger partial charge < -0.3 is 10.1 Å². The number of phenols is 1. The van der Waals surface area contributed by atoms with E-state index in [1.165, 1.54) is 0 Å². The zero-order chi connectivity index (χ0) is 19.9. The van der Waals surface area contributed by atoms with E-state index in [2.05, 4.69) is 4.98 Å². The highest BCUT2D eigenvalue weighted by Gasteiger charge is 2.22. The summed E-state index contributed by atoms with van der Waals surface area (Å²) in [5.41, 5.74) is 3.69. The van der Waals surface area contributed by atoms with Crippen molar-refractivity contribution < 1.29 is 13.5 Å². The number of aryl methyl sites for hydroxylation is 1. The van der Waals surface area contributed by atoms with Crippen LogP contribution in [0.15, 0.2) is 46.1 Å². The number of aromatic amines is 1. The van der Waals surface area contributed by atoms with Crippen molar-refractivity contribution in [3.8, 4) is 16.9 Å². The third-order valence-corrected chi connectivity index (χ3v) is 7.36. The van der Waals surface area contributed by atoms with Crippen LogP contribution in [0.25, 0.3) is 22.0 Å². The van der Waals surface area contributed by atoms with Crippen molar-refractivity contribution in [1.29, 1.82) is 0 Å². The molecular formula is C21H20ClNO4S. The zero-order valence-corrected chi connectivity index (χ0v) is 16.7. The number of alkyl halides is 1. The maximum atomic E-state index is 12.4. The van der Waals surface area contributed by atoms with E-state index in [1.807, 2.05) is 0 Å². The zero-order valence-electron chi connectivity index (χ0n) is 15.2. The predicted molar refractivity (Wildman–Crippen MR) is 111 cm³/mol. The maximum absolute atomic E-state index is 12.4. The Morgan fingerprint density at radius 2 is 1.75 bits per heavy atom. The number of aromatic nitrogens is 1. The van der Waals surface area contributed by atoms with E-state index in [0.29, 0.717) is 28.9 Å². The van der Waals surface area contributed by atoms with Crippen molar-refractivity contribution in [3.63, 3.8) is 0 Å². The molecule has 4 rings (SSSR count). The average molecular weight is 418 g/mol. The van der Waals surface area contributed by atoms with E-state index in [0.717, 1.165) is 35.8 Å². The van der Waals surface area contributed by atoms with Crippen LogP contribution in [0.2, 0.25) is 0 Å². The quantitative estimate of drug-likeness (QED) is 0.618. The second-order valence-electron chi connectivity index (χ2n) is 7.03. The molecule has 28 heavy (non-hydrogen) atoms. The van der Waals surface area contributed by atoms with E-state index in [9.17, 15) is 18.3 Å². The highest BCUT2D eigenvalue weighted by Crippen LogP contribution is 2.40. The largest absolute Gasteiger partial charge is 0.507 e. The van der Waals surface area contributed by atoms with Crippen molar-refractivity contribution in [3.05, 3.63) is 57.9 Å². The van der Waals surface area contributed by atoms with Crippen molar-refractivity contribution in [2.75, 3.05) is 11.6 Å². The highest BCUT2D eigenvalue weighted by molar-refractivity contribution is 7.91. The molecule has 0 saturated carbocycles. The lowest BCUT2D eigenvalue weighted by Gasteiger charge is -2.14. The van der Waals surface area contributed by atoms with Crippen LogP contribution in [-0.4, -0.2) is 30.1 Å². The van der Waals surface area contributed by atoms with Gasteiger partial charge in [0, 0.05) is 27.9 Å². The summed E-state index contributed by atoms with van der Waals surface area (Å²) in [6.45, 7) is 0. The number of phenolic OH excluding ortho intramolecular Hbond substituents is 1. The minimum atomic E-state index is -3.38. The molecule has 0 atom stereocenters. The molecule has 0 unspecified atom stereocenters. The number of halogens is 1. The summed E-state index contributed by atoms with van der Waals surface area (Å²) in [6, 6.07) is 9.79. The smallest absolute Gasteiger partial charge is 0.251 e. The number of benzene rings is 2. The molecule has 1 aliphatic carbocycles. The molecule has 0 fully saturated rings. The van der Waals surface area contributed by atoms with Gasteiger partial charge in [0.1, 0.15) is 5.75 Å². The number of hydrogen-bond acceptors (Lipinski definition) is 4. The molecule has 7 heteroatoms. The molecule has 5 nitrogen and oxygen atoms in total. The van der Waals surface area contributed by atoms with Crippen molar-refractivity contribution in [1.82, 2.24) is 4.98 Å². The Bertz CT molecular complexity index is 1210. The van der Waals surface area contributed by atoms with Gasteiger partial charge in [0.05, 0.1) is 10.6 Å². The molecule has 0 amide bonds. The van der Waals surface area contributed by atoms with Gasteiger partial charge in [0.2, 0.25) is 0 Å². The highest BCUT2D eigenvalue weighted by atomic mass is 35.5. The minimum Gasteiger partial charge on any atom is -0.507 e. The third kappa shape index (κ3) is 3.20. The molecular weight excluding hydrogens is 398 g/mol. The molecule has 2 aromatic carbocycles. The van der Waals surface area contributed by atoms with E-state index >= 15 is 0 Å². The molecule has 1 aliphatic rings. The van der Waals surface area contributed by atoms with E-state index in [4.69, 9.17) is 11.6 Å². The fourth-order valence-electron chi connectivity index (χ4n) is 3.96. The van der Waals surface area contributed by atoms with Gasteiger partial charge in [-0.25, -0.2) is 8.42 Å². The van der Waals surface area contributed by atoms with E-state index in [-0.39, 0.29) is 22.0 Å². The molecule has 1 heterocycles. The van der Waals surface area contributed by atoms with Crippen LogP contribution in [0, 0.1) is 0 Å². The van der Waals surface area contributed by atoms with Crippen molar-refractivity contribution in [2.24, 2.45) is 0 Å². The fourth-order valence-corrected chi connectivity index (χ4v) is 5.56. The standard InChI is InChI=1S/C21H20ClNO4S/c22-11-2-12-28(26,27)14-7-5-13(6-8-14)19-18(24)10-9-17-20(19)15-3-1-4-16(15)21(25)23-17/h5-10,24H,1-4,11-12H2,(H,23,25). The van der Waals surface area contributed by atoms with Crippen LogP contribution in [0.5, 0.6) is 5.75 Å². The Hall–Kier alpha value is -2.31. The minimum absolute atomic E-state index is 0.00408. The van der Waals surface area contributed by atoms with Crippen LogP contribution in [-0.2, 0) is 22.7 Å². The summed E-state index contributed by atoms with van der Waals surface area (Å²) in [7, 11) is -3.38. The van der Waals surface area contributed by atoms with Gasteiger partial charge in [-0.2, -0.15) is 0 Å². The first kappa shape index (κ1) is 19.0. The second kappa shape index (κ2) is 7.26. The molecule has 2 N–H and O–H groups in total. The van der Waals surface area contributed by atoms with Crippen LogP contribution in [0.4, 0.5) is 0 Å². The summed E-state index contributed by atoms with van der Waals surface area (Å²) >= 11 is 5.61. The van der Waals surface area contributed by atoms with Crippen molar-refractivity contribution in [2.45, 2.75) is 30.6 Å². The van der Waals surface area contributed by atoms with Crippen LogP contribution in [0.3, 0.4) is 0 Å². The number of pyridine rings is 1. The lowest BCUT2D eigenvalue weighted by atomic mass is 9.94. The summed E-state index contributed by atoms with van der Waals surface area (Å²) < 4.78 is 24.7. The first-order valence-electron chi connectivity index (χ1n) is 9.21. The Morgan fingerprint density at radius 3 is 2.46 bits per heavy atom. The number of H-pyrrole nitrogens is 1. The Kier molecular flexibility index (Phi) is 4.93. The Labute approximate surface area is 167 Å². The Morgan fingerprint density at radius 1 is 1.04 bits per heavy atom. The number of hydrogen-bond donors (Lipinski definition) is 2. The number of sulfone groups is 1. The molecule has 146 valence electrons. The van der Waals surface area contributed by atoms with Crippen LogP contribution in [0.1, 0.15) is 24.0 Å². The average Bonchev–Trinajstić information content (AvgIpc) is 3.18. The monoisotopic (exact) mass is 417 g/mol. The van der Waals surface area contributed by atoms with Gasteiger partial charge in [0.15, 0.2) is 9.84 Å². The lowest BCUT2D eigenvalue weighted by Crippen LogP contribution is -2.12. The normalized spacial score (nSPS) is 13.8. The molecule has 1 aromatic heterocycles. The van der Waals surface area contributed by atoms with Gasteiger partial charge in [-0.1, -0.05) is 12.1 Å². The van der Waals surface area contributed by atoms with Crippen molar-refractivity contribution >= 4 is 32.3 Å². The first-order chi connectivity index (χ1) is 13.4. The molecule has 3 aromatic rings. The maximum Gasteiger partial charge on any atom is 0.251 e. The fraction of sp³-hybridized carbons (Fsp3) is 0.286. The van der Waals surface area contributed by atoms with E-state index in [1.54, 1.807) is 36.4 Å². The Balaban J connectivity index is 1.87. The summed E-state index contributed by atoms with van der Waals surface area (Å²) in [5.74, 6) is 0.403. The summed E-state index contributed by atoms with van der Waals surface area (Å²) in [6.07, 6.45) is 2.82. The van der Waals surface area contributed by atoms with Crippen LogP contribution >= 0.6 is 11.6 Å². The van der Waals surface area contributed by atoms with Gasteiger partial charge in [0.25, 0.3) is 5.56 Å². The van der Waals surface area contributed by atoms with E-state index < -0.39 is 9.84 Å². The molecule has 0 spiro atoms. The molecule has 0 saturated heterocycles. The van der Waals surface area contributed by atoms with Gasteiger partial charge in [-0.3, -0.25) is 4.79 Å². The SMILES string of the molecule is O=c1[nH]c2ccc(O)c(-c3ccc(S(=O)(=O)CCCCl)cc3)c2c2c1CCC2. The first-order valence-corrected chi connectivity index (χ1v) is 11.4. The molecule has 0 aliphatic heterocycles. The lowest BCUT2D eigenvalue weighted by molar-refractivity contribution is 0.478. The molecule has 0 radical (unpaired) electrons. The topological polar surface area (TPSA) is 87.2 Å². The number of rotatable bonds is 5. The van der Waals surface area contributed by atoms with Gasteiger partial charge >= 0.3 is 0 Å². The third-order valence-electron chi connectivity index (χ3n) is 5.27. The predicted octanol–water partition coefficient (Wildman–Crippen LogP) is 3.79. The summed E-state index contributed by atoms with van der Waals surface area (Å²) in [5, 5.41) is 11.4.